The van der Waals surface area contributed by atoms with Gasteiger partial charge in [0.1, 0.15) is 11.4 Å². The van der Waals surface area contributed by atoms with Crippen LogP contribution < -0.4 is 16.5 Å². The lowest BCUT2D eigenvalue weighted by Gasteiger charge is -2.07. The van der Waals surface area contributed by atoms with E-state index in [4.69, 9.17) is 5.73 Å². The van der Waals surface area contributed by atoms with Crippen molar-refractivity contribution in [3.05, 3.63) is 63.8 Å². The van der Waals surface area contributed by atoms with Crippen LogP contribution in [0.1, 0.15) is 15.9 Å². The van der Waals surface area contributed by atoms with Gasteiger partial charge in [-0.3, -0.25) is 9.59 Å². The first-order valence-electron chi connectivity index (χ1n) is 6.09. The first-order chi connectivity index (χ1) is 10.1. The molecule has 2 aromatic rings. The smallest absolute Gasteiger partial charge is 0.261 e. The zero-order valence-corrected chi connectivity index (χ0v) is 10.9. The van der Waals surface area contributed by atoms with Gasteiger partial charge in [0.15, 0.2) is 5.43 Å². The molecule has 1 heterocycles. The molecule has 1 amide bonds. The molecule has 0 bridgehead atoms. The summed E-state index contributed by atoms with van der Waals surface area (Å²) in [4.78, 5) is 26.3. The second kappa shape index (κ2) is 6.50. The number of benzene rings is 1. The summed E-state index contributed by atoms with van der Waals surface area (Å²) in [5, 5.41) is 2.53. The number of nitrogens with one attached hydrogen (secondary N) is 2. The average Bonchev–Trinajstić information content (AvgIpc) is 2.47. The number of rotatable bonds is 2. The summed E-state index contributed by atoms with van der Waals surface area (Å²) in [5.41, 5.74) is 5.42. The molecule has 0 saturated carbocycles. The van der Waals surface area contributed by atoms with Gasteiger partial charge in [-0.25, -0.2) is 4.39 Å². The predicted octanol–water partition coefficient (Wildman–Crippen LogP) is 1.08. The van der Waals surface area contributed by atoms with Gasteiger partial charge in [0.25, 0.3) is 5.91 Å². The fourth-order valence-corrected chi connectivity index (χ4v) is 1.66. The van der Waals surface area contributed by atoms with E-state index in [2.05, 4.69) is 22.1 Å². The fraction of sp³-hybridized carbons (Fsp3) is 0.0667. The number of H-pyrrole nitrogens is 1. The molecule has 0 fully saturated rings. The highest BCUT2D eigenvalue weighted by molar-refractivity contribution is 6.04. The summed E-state index contributed by atoms with van der Waals surface area (Å²) in [6.45, 7) is 0.113. The Morgan fingerprint density at radius 3 is 2.90 bits per heavy atom. The molecular formula is C15H12FN3O2. The number of pyridine rings is 1. The van der Waals surface area contributed by atoms with E-state index in [0.717, 1.165) is 0 Å². The summed E-state index contributed by atoms with van der Waals surface area (Å²) < 4.78 is 13.2. The second-order valence-electron chi connectivity index (χ2n) is 4.07. The van der Waals surface area contributed by atoms with Crippen molar-refractivity contribution in [1.82, 2.24) is 4.98 Å². The molecule has 1 aromatic carbocycles. The molecule has 0 spiro atoms. The molecule has 2 rings (SSSR count). The number of halogens is 1. The Bertz CT molecular complexity index is 787. The van der Waals surface area contributed by atoms with E-state index in [1.165, 1.54) is 36.7 Å². The van der Waals surface area contributed by atoms with E-state index >= 15 is 0 Å². The number of aromatic amines is 1. The number of hydrogen-bond donors (Lipinski definition) is 3. The fourth-order valence-electron chi connectivity index (χ4n) is 1.66. The van der Waals surface area contributed by atoms with Crippen LogP contribution in [0.5, 0.6) is 0 Å². The van der Waals surface area contributed by atoms with Crippen LogP contribution >= 0.6 is 0 Å². The van der Waals surface area contributed by atoms with Gasteiger partial charge in [0.2, 0.25) is 0 Å². The third-order valence-corrected chi connectivity index (χ3v) is 2.62. The van der Waals surface area contributed by atoms with Crippen molar-refractivity contribution in [3.63, 3.8) is 0 Å². The number of carbonyl (C=O) groups is 1. The Morgan fingerprint density at radius 2 is 2.19 bits per heavy atom. The second-order valence-corrected chi connectivity index (χ2v) is 4.07. The maximum atomic E-state index is 13.2. The van der Waals surface area contributed by atoms with Gasteiger partial charge in [-0.05, 0) is 18.2 Å². The molecule has 4 N–H and O–H groups in total. The topological polar surface area (TPSA) is 88.0 Å². The van der Waals surface area contributed by atoms with Gasteiger partial charge >= 0.3 is 0 Å². The van der Waals surface area contributed by atoms with E-state index in [9.17, 15) is 14.0 Å². The molecule has 21 heavy (non-hydrogen) atoms. The van der Waals surface area contributed by atoms with Gasteiger partial charge in [-0.1, -0.05) is 11.8 Å². The lowest BCUT2D eigenvalue weighted by molar-refractivity contribution is 0.102. The third kappa shape index (κ3) is 3.55. The van der Waals surface area contributed by atoms with Gasteiger partial charge in [-0.15, -0.1) is 0 Å². The van der Waals surface area contributed by atoms with Crippen LogP contribution in [0, 0.1) is 17.7 Å². The SMILES string of the molecule is NCC#Cc1cc(F)ccc1NC(=O)c1c[nH]ccc1=O. The van der Waals surface area contributed by atoms with Crippen molar-refractivity contribution in [2.75, 3.05) is 11.9 Å². The van der Waals surface area contributed by atoms with Crippen LogP contribution in [-0.2, 0) is 0 Å². The van der Waals surface area contributed by atoms with E-state index in [1.807, 2.05) is 0 Å². The lowest BCUT2D eigenvalue weighted by atomic mass is 10.1. The first kappa shape index (κ1) is 14.5. The maximum Gasteiger partial charge on any atom is 0.261 e. The van der Waals surface area contributed by atoms with Crippen LogP contribution in [0.4, 0.5) is 10.1 Å². The monoisotopic (exact) mass is 285 g/mol. The third-order valence-electron chi connectivity index (χ3n) is 2.62. The Morgan fingerprint density at radius 1 is 1.38 bits per heavy atom. The summed E-state index contributed by atoms with van der Waals surface area (Å²) >= 11 is 0. The quantitative estimate of drug-likeness (QED) is 0.721. The van der Waals surface area contributed by atoms with Crippen LogP contribution in [0.25, 0.3) is 0 Å². The van der Waals surface area contributed by atoms with Crippen molar-refractivity contribution >= 4 is 11.6 Å². The normalized spacial score (nSPS) is 9.62. The van der Waals surface area contributed by atoms with Gasteiger partial charge in [-0.2, -0.15) is 0 Å². The van der Waals surface area contributed by atoms with E-state index < -0.39 is 17.2 Å². The molecule has 106 valence electrons. The van der Waals surface area contributed by atoms with Gasteiger partial charge < -0.3 is 16.0 Å². The number of carbonyl (C=O) groups excluding carboxylic acids is 1. The zero-order chi connectivity index (χ0) is 15.2. The van der Waals surface area contributed by atoms with Crippen LogP contribution in [0.2, 0.25) is 0 Å². The minimum absolute atomic E-state index is 0.0421. The summed E-state index contributed by atoms with van der Waals surface area (Å²) in [7, 11) is 0. The Balaban J connectivity index is 2.33. The molecule has 0 unspecified atom stereocenters. The van der Waals surface area contributed by atoms with Gasteiger partial charge in [0, 0.05) is 18.5 Å². The Hall–Kier alpha value is -2.91. The molecule has 6 heteroatoms. The molecule has 0 saturated heterocycles. The maximum absolute atomic E-state index is 13.2. The number of anilines is 1. The number of nitrogens with two attached hydrogens (primary N) is 1. The minimum Gasteiger partial charge on any atom is -0.367 e. The Labute approximate surface area is 120 Å². The van der Waals surface area contributed by atoms with Crippen LogP contribution in [0.3, 0.4) is 0 Å². The predicted molar refractivity (Wildman–Crippen MR) is 77.3 cm³/mol. The minimum atomic E-state index is -0.598. The molecule has 0 atom stereocenters. The first-order valence-corrected chi connectivity index (χ1v) is 6.09. The molecular weight excluding hydrogens is 273 g/mol. The largest absolute Gasteiger partial charge is 0.367 e. The molecule has 0 aliphatic heterocycles. The average molecular weight is 285 g/mol. The van der Waals surface area contributed by atoms with Crippen LogP contribution in [-0.4, -0.2) is 17.4 Å². The van der Waals surface area contributed by atoms with Gasteiger partial charge in [0.05, 0.1) is 17.8 Å². The highest BCUT2D eigenvalue weighted by Gasteiger charge is 2.12. The molecule has 5 nitrogen and oxygen atoms in total. The lowest BCUT2D eigenvalue weighted by Crippen LogP contribution is -2.21. The molecule has 1 aromatic heterocycles. The molecule has 0 aliphatic rings. The molecule has 0 aliphatic carbocycles. The zero-order valence-electron chi connectivity index (χ0n) is 10.9. The summed E-state index contributed by atoms with van der Waals surface area (Å²) in [6.07, 6.45) is 2.72. The summed E-state index contributed by atoms with van der Waals surface area (Å²) in [5.74, 6) is 4.18. The van der Waals surface area contributed by atoms with E-state index in [-0.39, 0.29) is 12.1 Å². The highest BCUT2D eigenvalue weighted by atomic mass is 19.1. The summed E-state index contributed by atoms with van der Waals surface area (Å²) in [6, 6.07) is 5.01. The van der Waals surface area contributed by atoms with E-state index in [1.54, 1.807) is 0 Å². The number of aromatic nitrogens is 1. The molecule has 0 radical (unpaired) electrons. The number of hydrogen-bond acceptors (Lipinski definition) is 3. The van der Waals surface area contributed by atoms with Crippen molar-refractivity contribution < 1.29 is 9.18 Å². The Kier molecular flexibility index (Phi) is 4.49. The van der Waals surface area contributed by atoms with Crippen molar-refractivity contribution in [3.8, 4) is 11.8 Å². The van der Waals surface area contributed by atoms with Crippen molar-refractivity contribution in [1.29, 1.82) is 0 Å². The number of amides is 1. The standard InChI is InChI=1S/C15H12FN3O2/c16-11-3-4-13(10(8-11)2-1-6-17)19-15(21)12-9-18-7-5-14(12)20/h3-5,7-9H,6,17H2,(H,18,20)(H,19,21). The highest BCUT2D eigenvalue weighted by Crippen LogP contribution is 2.16. The van der Waals surface area contributed by atoms with Crippen LogP contribution in [0.15, 0.2) is 41.5 Å². The van der Waals surface area contributed by atoms with Crippen molar-refractivity contribution in [2.45, 2.75) is 0 Å². The van der Waals surface area contributed by atoms with Crippen molar-refractivity contribution in [2.24, 2.45) is 5.73 Å². The van der Waals surface area contributed by atoms with E-state index in [0.29, 0.717) is 11.3 Å².